The van der Waals surface area contributed by atoms with Crippen LogP contribution in [0.15, 0.2) is 30.5 Å². The van der Waals surface area contributed by atoms with Gasteiger partial charge in [-0.2, -0.15) is 18.4 Å². The molecule has 0 fully saturated rings. The number of H-pyrrole nitrogens is 1. The van der Waals surface area contributed by atoms with Crippen molar-refractivity contribution in [3.8, 4) is 17.2 Å². The van der Waals surface area contributed by atoms with Crippen LogP contribution in [0.5, 0.6) is 0 Å². The average molecular weight is 254 g/mol. The minimum atomic E-state index is -4.67. The Hall–Kier alpha value is -2.29. The first-order chi connectivity index (χ1) is 8.45. The van der Waals surface area contributed by atoms with Gasteiger partial charge in [0.2, 0.25) is 0 Å². The Bertz CT molecular complexity index is 620. The van der Waals surface area contributed by atoms with E-state index in [9.17, 15) is 17.6 Å². The van der Waals surface area contributed by atoms with Crippen LogP contribution in [0, 0.1) is 17.1 Å². The Morgan fingerprint density at radius 2 is 1.83 bits per heavy atom. The number of nitrogens with zero attached hydrogens (tertiary/aromatic N) is 1. The van der Waals surface area contributed by atoms with Gasteiger partial charge in [0.25, 0.3) is 0 Å². The van der Waals surface area contributed by atoms with E-state index in [1.165, 1.54) is 18.2 Å². The minimum absolute atomic E-state index is 0.243. The maximum atomic E-state index is 13.5. The third-order valence-corrected chi connectivity index (χ3v) is 2.43. The zero-order valence-electron chi connectivity index (χ0n) is 8.85. The maximum absolute atomic E-state index is 13.5. The van der Waals surface area contributed by atoms with Gasteiger partial charge in [-0.3, -0.25) is 0 Å². The first-order valence-electron chi connectivity index (χ1n) is 4.88. The number of hydrogen-bond acceptors (Lipinski definition) is 1. The molecule has 92 valence electrons. The average Bonchev–Trinajstić information content (AvgIpc) is 2.72. The first kappa shape index (κ1) is 12.2. The van der Waals surface area contributed by atoms with Gasteiger partial charge in [0.05, 0.1) is 5.56 Å². The fourth-order valence-electron chi connectivity index (χ4n) is 1.68. The molecule has 0 spiro atoms. The van der Waals surface area contributed by atoms with Crippen molar-refractivity contribution in [1.82, 2.24) is 4.98 Å². The number of benzene rings is 1. The highest BCUT2D eigenvalue weighted by Crippen LogP contribution is 2.39. The van der Waals surface area contributed by atoms with Gasteiger partial charge in [-0.25, -0.2) is 4.39 Å². The number of rotatable bonds is 1. The summed E-state index contributed by atoms with van der Waals surface area (Å²) in [5.74, 6) is -0.806. The fraction of sp³-hybridized carbons (Fsp3) is 0.0833. The van der Waals surface area contributed by atoms with E-state index in [1.807, 2.05) is 4.98 Å². The van der Waals surface area contributed by atoms with Crippen LogP contribution in [-0.2, 0) is 6.18 Å². The van der Waals surface area contributed by atoms with Crippen molar-refractivity contribution in [1.29, 1.82) is 5.26 Å². The van der Waals surface area contributed by atoms with Crippen LogP contribution < -0.4 is 0 Å². The lowest BCUT2D eigenvalue weighted by atomic mass is 10.0. The molecule has 0 bridgehead atoms. The molecule has 2 rings (SSSR count). The van der Waals surface area contributed by atoms with E-state index in [2.05, 4.69) is 0 Å². The molecule has 1 aromatic carbocycles. The quantitative estimate of drug-likeness (QED) is 0.774. The molecule has 0 radical (unpaired) electrons. The van der Waals surface area contributed by atoms with Gasteiger partial charge >= 0.3 is 6.18 Å². The molecule has 0 unspecified atom stereocenters. The van der Waals surface area contributed by atoms with Crippen molar-refractivity contribution < 1.29 is 17.6 Å². The lowest BCUT2D eigenvalue weighted by Crippen LogP contribution is -2.07. The molecule has 1 N–H and O–H groups in total. The summed E-state index contributed by atoms with van der Waals surface area (Å²) in [6, 6.07) is 6.64. The number of alkyl halides is 3. The highest BCUT2D eigenvalue weighted by atomic mass is 19.4. The Morgan fingerprint density at radius 3 is 2.39 bits per heavy atom. The molecule has 2 aromatic rings. The summed E-state index contributed by atoms with van der Waals surface area (Å²) in [4.78, 5) is 1.98. The molecule has 0 aliphatic rings. The summed E-state index contributed by atoms with van der Waals surface area (Å²) in [6.45, 7) is 0. The molecule has 18 heavy (non-hydrogen) atoms. The molecule has 0 atom stereocenters. The van der Waals surface area contributed by atoms with Crippen LogP contribution in [0.3, 0.4) is 0 Å². The van der Waals surface area contributed by atoms with E-state index in [1.54, 1.807) is 6.07 Å². The second-order valence-corrected chi connectivity index (χ2v) is 3.54. The molecule has 0 amide bonds. The Morgan fingerprint density at radius 1 is 1.17 bits per heavy atom. The standard InChI is InChI=1S/C12H6F4N2/c13-9-4-2-1-3-8(9)10-7(5-17)6-18-11(10)12(14,15)16/h1-4,6,18H. The van der Waals surface area contributed by atoms with Crippen molar-refractivity contribution in [2.75, 3.05) is 0 Å². The first-order valence-corrected chi connectivity index (χ1v) is 4.88. The fourth-order valence-corrected chi connectivity index (χ4v) is 1.68. The summed E-state index contributed by atoms with van der Waals surface area (Å²) in [5.41, 5.74) is -2.07. The SMILES string of the molecule is N#Cc1c[nH]c(C(F)(F)F)c1-c1ccccc1F. The Kier molecular flexibility index (Phi) is 2.83. The predicted molar refractivity (Wildman–Crippen MR) is 55.9 cm³/mol. The van der Waals surface area contributed by atoms with Crippen LogP contribution in [0.25, 0.3) is 11.1 Å². The summed E-state index contributed by atoms with van der Waals surface area (Å²) in [5, 5.41) is 8.79. The molecule has 6 heteroatoms. The molecular weight excluding hydrogens is 248 g/mol. The minimum Gasteiger partial charge on any atom is -0.356 e. The largest absolute Gasteiger partial charge is 0.431 e. The normalized spacial score (nSPS) is 11.3. The number of aromatic amines is 1. The highest BCUT2D eigenvalue weighted by Gasteiger charge is 2.37. The third-order valence-electron chi connectivity index (χ3n) is 2.43. The molecule has 0 aliphatic heterocycles. The van der Waals surface area contributed by atoms with Gasteiger partial charge in [-0.05, 0) is 6.07 Å². The summed E-state index contributed by atoms with van der Waals surface area (Å²) < 4.78 is 51.8. The zero-order chi connectivity index (χ0) is 13.3. The van der Waals surface area contributed by atoms with Gasteiger partial charge in [-0.15, -0.1) is 0 Å². The lowest BCUT2D eigenvalue weighted by Gasteiger charge is -2.09. The van der Waals surface area contributed by atoms with E-state index >= 15 is 0 Å². The third kappa shape index (κ3) is 1.95. The summed E-state index contributed by atoms with van der Waals surface area (Å²) in [6.07, 6.45) is -3.75. The van der Waals surface area contributed by atoms with Crippen LogP contribution >= 0.6 is 0 Å². The van der Waals surface area contributed by atoms with Crippen LogP contribution in [0.2, 0.25) is 0 Å². The van der Waals surface area contributed by atoms with Gasteiger partial charge in [0.15, 0.2) is 0 Å². The van der Waals surface area contributed by atoms with Crippen molar-refractivity contribution in [3.63, 3.8) is 0 Å². The monoisotopic (exact) mass is 254 g/mol. The second kappa shape index (κ2) is 4.18. The summed E-state index contributed by atoms with van der Waals surface area (Å²) in [7, 11) is 0. The van der Waals surface area contributed by atoms with Crippen molar-refractivity contribution in [2.45, 2.75) is 6.18 Å². The lowest BCUT2D eigenvalue weighted by molar-refractivity contribution is -0.140. The maximum Gasteiger partial charge on any atom is 0.431 e. The van der Waals surface area contributed by atoms with Gasteiger partial charge < -0.3 is 4.98 Å². The topological polar surface area (TPSA) is 39.6 Å². The summed E-state index contributed by atoms with van der Waals surface area (Å²) >= 11 is 0. The van der Waals surface area contributed by atoms with Crippen LogP contribution in [0.4, 0.5) is 17.6 Å². The number of nitriles is 1. The smallest absolute Gasteiger partial charge is 0.356 e. The van der Waals surface area contributed by atoms with E-state index in [-0.39, 0.29) is 11.1 Å². The molecular formula is C12H6F4N2. The van der Waals surface area contributed by atoms with Crippen molar-refractivity contribution >= 4 is 0 Å². The zero-order valence-corrected chi connectivity index (χ0v) is 8.85. The number of halogens is 4. The van der Waals surface area contributed by atoms with E-state index in [0.29, 0.717) is 0 Å². The predicted octanol–water partition coefficient (Wildman–Crippen LogP) is 3.71. The van der Waals surface area contributed by atoms with Gasteiger partial charge in [-0.1, -0.05) is 18.2 Å². The van der Waals surface area contributed by atoms with Gasteiger partial charge in [0, 0.05) is 17.3 Å². The number of hydrogen-bond donors (Lipinski definition) is 1. The van der Waals surface area contributed by atoms with E-state index < -0.39 is 23.3 Å². The van der Waals surface area contributed by atoms with Crippen molar-refractivity contribution in [3.05, 3.63) is 47.5 Å². The molecule has 0 saturated heterocycles. The Balaban J connectivity index is 2.74. The molecule has 1 aromatic heterocycles. The number of aromatic nitrogens is 1. The van der Waals surface area contributed by atoms with E-state index in [4.69, 9.17) is 5.26 Å². The molecule has 0 saturated carbocycles. The molecule has 0 aliphatic carbocycles. The Labute approximate surface area is 99.5 Å². The molecule has 1 heterocycles. The number of nitrogens with one attached hydrogen (secondary N) is 1. The van der Waals surface area contributed by atoms with E-state index in [0.717, 1.165) is 12.3 Å². The molecule has 2 nitrogen and oxygen atoms in total. The van der Waals surface area contributed by atoms with Crippen molar-refractivity contribution in [2.24, 2.45) is 0 Å². The van der Waals surface area contributed by atoms with Gasteiger partial charge in [0.1, 0.15) is 17.6 Å². The highest BCUT2D eigenvalue weighted by molar-refractivity contribution is 5.74. The second-order valence-electron chi connectivity index (χ2n) is 3.54. The van der Waals surface area contributed by atoms with Crippen LogP contribution in [0.1, 0.15) is 11.3 Å². The van der Waals surface area contributed by atoms with Crippen LogP contribution in [-0.4, -0.2) is 4.98 Å².